The van der Waals surface area contributed by atoms with Crippen LogP contribution >= 0.6 is 0 Å². The molecule has 1 N–H and O–H groups in total. The monoisotopic (exact) mass is 223 g/mol. The Morgan fingerprint density at radius 1 is 1.56 bits per heavy atom. The molecule has 90 valence electrons. The van der Waals surface area contributed by atoms with Crippen molar-refractivity contribution in [2.75, 3.05) is 20.3 Å². The smallest absolute Gasteiger partial charge is 0.0537 e. The van der Waals surface area contributed by atoms with E-state index in [-0.39, 0.29) is 0 Å². The molecule has 1 aliphatic heterocycles. The molecule has 1 aromatic rings. The Balaban J connectivity index is 1.91. The van der Waals surface area contributed by atoms with Crippen LogP contribution in [0, 0.1) is 5.92 Å². The molecule has 0 radical (unpaired) electrons. The van der Waals surface area contributed by atoms with E-state index < -0.39 is 0 Å². The third-order valence-electron chi connectivity index (χ3n) is 3.37. The molecular formula is C12H21N3O. The number of hydrogen-bond donors (Lipinski definition) is 1. The molecule has 1 saturated heterocycles. The van der Waals surface area contributed by atoms with Crippen molar-refractivity contribution in [2.45, 2.75) is 32.4 Å². The highest BCUT2D eigenvalue weighted by Gasteiger charge is 2.15. The summed E-state index contributed by atoms with van der Waals surface area (Å²) in [5, 5.41) is 7.64. The van der Waals surface area contributed by atoms with Gasteiger partial charge in [-0.15, -0.1) is 0 Å². The molecule has 1 aromatic heterocycles. The van der Waals surface area contributed by atoms with Crippen molar-refractivity contribution < 1.29 is 4.74 Å². The molecule has 1 aliphatic rings. The summed E-state index contributed by atoms with van der Waals surface area (Å²) >= 11 is 0. The van der Waals surface area contributed by atoms with Crippen molar-refractivity contribution in [3.8, 4) is 0 Å². The normalized spacial score (nSPS) is 19.9. The molecule has 0 amide bonds. The standard InChI is InChI=1S/C12H21N3O/c1-10(13-2)12-7-14-15(9-12)8-11-3-5-16-6-4-11/h7,9-11,13H,3-6,8H2,1-2H3. The van der Waals surface area contributed by atoms with Gasteiger partial charge in [-0.2, -0.15) is 5.10 Å². The van der Waals surface area contributed by atoms with Crippen molar-refractivity contribution in [3.05, 3.63) is 18.0 Å². The first-order valence-electron chi connectivity index (χ1n) is 6.07. The van der Waals surface area contributed by atoms with Gasteiger partial charge in [0.25, 0.3) is 0 Å². The highest BCUT2D eigenvalue weighted by Crippen LogP contribution is 2.17. The minimum atomic E-state index is 0.378. The van der Waals surface area contributed by atoms with E-state index in [1.54, 1.807) is 0 Å². The zero-order valence-corrected chi connectivity index (χ0v) is 10.1. The molecule has 4 heteroatoms. The Labute approximate surface area is 97.0 Å². The first kappa shape index (κ1) is 11.6. The molecule has 0 spiro atoms. The SMILES string of the molecule is CNC(C)c1cnn(CC2CCOCC2)c1. The van der Waals surface area contributed by atoms with Crippen molar-refractivity contribution >= 4 is 0 Å². The van der Waals surface area contributed by atoms with Gasteiger partial charge in [0.05, 0.1) is 6.20 Å². The number of ether oxygens (including phenoxy) is 1. The van der Waals surface area contributed by atoms with Crippen molar-refractivity contribution in [3.63, 3.8) is 0 Å². The lowest BCUT2D eigenvalue weighted by Crippen LogP contribution is -2.20. The van der Waals surface area contributed by atoms with E-state index in [1.165, 1.54) is 5.56 Å². The van der Waals surface area contributed by atoms with Gasteiger partial charge in [-0.3, -0.25) is 4.68 Å². The van der Waals surface area contributed by atoms with Crippen molar-refractivity contribution in [1.82, 2.24) is 15.1 Å². The molecule has 1 fully saturated rings. The van der Waals surface area contributed by atoms with E-state index in [9.17, 15) is 0 Å². The second-order valence-electron chi connectivity index (χ2n) is 4.56. The molecule has 1 atom stereocenters. The summed E-state index contributed by atoms with van der Waals surface area (Å²) in [5.41, 5.74) is 1.26. The Hall–Kier alpha value is -0.870. The maximum Gasteiger partial charge on any atom is 0.0537 e. The Morgan fingerprint density at radius 3 is 3.00 bits per heavy atom. The lowest BCUT2D eigenvalue weighted by atomic mass is 10.0. The number of nitrogens with one attached hydrogen (secondary N) is 1. The minimum Gasteiger partial charge on any atom is -0.381 e. The van der Waals surface area contributed by atoms with Crippen LogP contribution in [0.25, 0.3) is 0 Å². The molecule has 16 heavy (non-hydrogen) atoms. The second kappa shape index (κ2) is 5.46. The fourth-order valence-corrected chi connectivity index (χ4v) is 2.06. The van der Waals surface area contributed by atoms with Gasteiger partial charge in [0.1, 0.15) is 0 Å². The molecular weight excluding hydrogens is 202 g/mol. The average molecular weight is 223 g/mol. The lowest BCUT2D eigenvalue weighted by Gasteiger charge is -2.21. The van der Waals surface area contributed by atoms with Gasteiger partial charge in [0.2, 0.25) is 0 Å². The van der Waals surface area contributed by atoms with E-state index in [1.807, 2.05) is 13.2 Å². The number of aromatic nitrogens is 2. The summed E-state index contributed by atoms with van der Waals surface area (Å²) < 4.78 is 7.43. The van der Waals surface area contributed by atoms with Gasteiger partial charge in [0.15, 0.2) is 0 Å². The summed E-state index contributed by atoms with van der Waals surface area (Å²) in [5.74, 6) is 0.728. The van der Waals surface area contributed by atoms with Gasteiger partial charge in [-0.05, 0) is 32.7 Å². The van der Waals surface area contributed by atoms with Crippen LogP contribution in [0.15, 0.2) is 12.4 Å². The highest BCUT2D eigenvalue weighted by molar-refractivity contribution is 5.08. The third-order valence-corrected chi connectivity index (χ3v) is 3.37. The molecule has 4 nitrogen and oxygen atoms in total. The van der Waals surface area contributed by atoms with E-state index in [4.69, 9.17) is 4.74 Å². The first-order valence-corrected chi connectivity index (χ1v) is 6.07. The number of rotatable bonds is 4. The number of hydrogen-bond acceptors (Lipinski definition) is 3. The van der Waals surface area contributed by atoms with E-state index in [0.717, 1.165) is 38.5 Å². The first-order chi connectivity index (χ1) is 7.79. The predicted molar refractivity (Wildman–Crippen MR) is 63.2 cm³/mol. The van der Waals surface area contributed by atoms with Gasteiger partial charge in [0, 0.05) is 37.6 Å². The van der Waals surface area contributed by atoms with E-state index >= 15 is 0 Å². The molecule has 0 saturated carbocycles. The van der Waals surface area contributed by atoms with Crippen LogP contribution in [0.2, 0.25) is 0 Å². The van der Waals surface area contributed by atoms with Crippen molar-refractivity contribution in [2.24, 2.45) is 5.92 Å². The third kappa shape index (κ3) is 2.83. The molecule has 2 rings (SSSR count). The summed E-state index contributed by atoms with van der Waals surface area (Å²) in [6.07, 6.45) is 6.44. The zero-order valence-electron chi connectivity index (χ0n) is 10.1. The maximum atomic E-state index is 5.36. The average Bonchev–Trinajstić information content (AvgIpc) is 2.78. The largest absolute Gasteiger partial charge is 0.381 e. The van der Waals surface area contributed by atoms with Gasteiger partial charge in [-0.25, -0.2) is 0 Å². The van der Waals surface area contributed by atoms with Crippen LogP contribution in [0.4, 0.5) is 0 Å². The topological polar surface area (TPSA) is 39.1 Å². The van der Waals surface area contributed by atoms with Crippen LogP contribution in [-0.4, -0.2) is 30.0 Å². The van der Waals surface area contributed by atoms with Gasteiger partial charge in [-0.1, -0.05) is 0 Å². The van der Waals surface area contributed by atoms with E-state index in [0.29, 0.717) is 6.04 Å². The van der Waals surface area contributed by atoms with Crippen LogP contribution in [0.1, 0.15) is 31.4 Å². The highest BCUT2D eigenvalue weighted by atomic mass is 16.5. The summed E-state index contributed by atoms with van der Waals surface area (Å²) in [7, 11) is 1.97. The summed E-state index contributed by atoms with van der Waals surface area (Å²) in [6, 6.07) is 0.378. The fourth-order valence-electron chi connectivity index (χ4n) is 2.06. The van der Waals surface area contributed by atoms with Crippen LogP contribution in [0.5, 0.6) is 0 Å². The molecule has 0 aliphatic carbocycles. The number of nitrogens with zero attached hydrogens (tertiary/aromatic N) is 2. The van der Waals surface area contributed by atoms with Crippen LogP contribution in [0.3, 0.4) is 0 Å². The van der Waals surface area contributed by atoms with Gasteiger partial charge < -0.3 is 10.1 Å². The second-order valence-corrected chi connectivity index (χ2v) is 4.56. The molecule has 0 bridgehead atoms. The summed E-state index contributed by atoms with van der Waals surface area (Å²) in [6.45, 7) is 4.99. The maximum absolute atomic E-state index is 5.36. The minimum absolute atomic E-state index is 0.378. The fraction of sp³-hybridized carbons (Fsp3) is 0.750. The molecule has 2 heterocycles. The van der Waals surface area contributed by atoms with E-state index in [2.05, 4.69) is 28.2 Å². The predicted octanol–water partition coefficient (Wildman–Crippen LogP) is 1.59. The Bertz CT molecular complexity index is 318. The Morgan fingerprint density at radius 2 is 2.31 bits per heavy atom. The van der Waals surface area contributed by atoms with Gasteiger partial charge >= 0.3 is 0 Å². The Kier molecular flexibility index (Phi) is 3.96. The molecule has 1 unspecified atom stereocenters. The summed E-state index contributed by atoms with van der Waals surface area (Å²) in [4.78, 5) is 0. The van der Waals surface area contributed by atoms with Crippen LogP contribution in [-0.2, 0) is 11.3 Å². The van der Waals surface area contributed by atoms with Crippen LogP contribution < -0.4 is 5.32 Å². The van der Waals surface area contributed by atoms with Crippen molar-refractivity contribution in [1.29, 1.82) is 0 Å². The zero-order chi connectivity index (χ0) is 11.4. The quantitative estimate of drug-likeness (QED) is 0.842. The lowest BCUT2D eigenvalue weighted by molar-refractivity contribution is 0.0601. The molecule has 0 aromatic carbocycles.